The Kier molecular flexibility index (Phi) is 6.58. The fraction of sp³-hybridized carbons (Fsp3) is 0.259. The minimum atomic E-state index is -0.692. The van der Waals surface area contributed by atoms with Gasteiger partial charge in [-0.05, 0) is 50.1 Å². The number of nitrogens with one attached hydrogen (secondary N) is 2. The Morgan fingerprint density at radius 1 is 1.13 bits per heavy atom. The fourth-order valence-corrected chi connectivity index (χ4v) is 4.33. The molecule has 0 saturated carbocycles. The standard InChI is InChI=1S/C27H26FN5O5/c1-14(2)24-26(34)33(27(35)32-24)8-5-9-37-22-12-19-17(11-21(22)36-4)25(30-13-29-19)38-20-7-6-18-16(23(20)28)10-15(3)31-18/h6-7,10-13,24,31H,1,5,8-9H2,2-4H3,(H,32,35). The van der Waals surface area contributed by atoms with E-state index in [1.54, 1.807) is 37.3 Å². The Labute approximate surface area is 217 Å². The van der Waals surface area contributed by atoms with Crippen LogP contribution in [0.1, 0.15) is 19.0 Å². The first kappa shape index (κ1) is 25.0. The lowest BCUT2D eigenvalue weighted by Gasteiger charge is -2.15. The summed E-state index contributed by atoms with van der Waals surface area (Å²) in [5.41, 5.74) is 2.60. The van der Waals surface area contributed by atoms with Gasteiger partial charge in [0.2, 0.25) is 5.88 Å². The number of hydrogen-bond acceptors (Lipinski definition) is 7. The lowest BCUT2D eigenvalue weighted by molar-refractivity contribution is -0.126. The Morgan fingerprint density at radius 2 is 1.95 bits per heavy atom. The van der Waals surface area contributed by atoms with E-state index in [-0.39, 0.29) is 30.7 Å². The van der Waals surface area contributed by atoms with Crippen LogP contribution in [0.5, 0.6) is 23.1 Å². The number of urea groups is 1. The predicted molar refractivity (Wildman–Crippen MR) is 138 cm³/mol. The van der Waals surface area contributed by atoms with Crippen molar-refractivity contribution in [3.63, 3.8) is 0 Å². The molecule has 0 bridgehead atoms. The number of aromatic nitrogens is 3. The van der Waals surface area contributed by atoms with Crippen molar-refractivity contribution >= 4 is 33.7 Å². The number of rotatable bonds is 9. The molecule has 1 atom stereocenters. The van der Waals surface area contributed by atoms with E-state index < -0.39 is 17.9 Å². The van der Waals surface area contributed by atoms with Crippen LogP contribution in [0.3, 0.4) is 0 Å². The number of aryl methyl sites for hydroxylation is 1. The number of methoxy groups -OCH3 is 1. The van der Waals surface area contributed by atoms with Crippen LogP contribution >= 0.6 is 0 Å². The van der Waals surface area contributed by atoms with Gasteiger partial charge < -0.3 is 24.5 Å². The number of benzene rings is 2. The Hall–Kier alpha value is -4.67. The van der Waals surface area contributed by atoms with E-state index in [1.165, 1.54) is 13.4 Å². The molecule has 3 heterocycles. The molecule has 2 aromatic carbocycles. The van der Waals surface area contributed by atoms with Gasteiger partial charge in [0, 0.05) is 29.2 Å². The van der Waals surface area contributed by atoms with Crippen LogP contribution in [-0.4, -0.2) is 58.1 Å². The summed E-state index contributed by atoms with van der Waals surface area (Å²) in [6.45, 7) is 7.70. The first-order valence-electron chi connectivity index (χ1n) is 12.0. The summed E-state index contributed by atoms with van der Waals surface area (Å²) in [5, 5.41) is 3.54. The van der Waals surface area contributed by atoms with Crippen molar-refractivity contribution in [2.75, 3.05) is 20.3 Å². The van der Waals surface area contributed by atoms with Crippen LogP contribution < -0.4 is 19.5 Å². The van der Waals surface area contributed by atoms with Crippen molar-refractivity contribution in [2.24, 2.45) is 0 Å². The number of fused-ring (bicyclic) bond motifs is 2. The largest absolute Gasteiger partial charge is 0.493 e. The lowest BCUT2D eigenvalue weighted by atomic mass is 10.1. The summed E-state index contributed by atoms with van der Waals surface area (Å²) in [4.78, 5) is 37.2. The number of hydrogen-bond donors (Lipinski definition) is 2. The molecule has 38 heavy (non-hydrogen) atoms. The molecule has 196 valence electrons. The minimum absolute atomic E-state index is 0.0326. The van der Waals surface area contributed by atoms with Crippen LogP contribution in [0.15, 0.2) is 48.8 Å². The van der Waals surface area contributed by atoms with Gasteiger partial charge in [0.15, 0.2) is 23.1 Å². The molecular weight excluding hydrogens is 493 g/mol. The molecule has 1 aliphatic rings. The Balaban J connectivity index is 1.32. The third kappa shape index (κ3) is 4.58. The second-order valence-corrected chi connectivity index (χ2v) is 9.01. The zero-order valence-electron chi connectivity index (χ0n) is 21.1. The van der Waals surface area contributed by atoms with Crippen LogP contribution in [0.2, 0.25) is 0 Å². The summed E-state index contributed by atoms with van der Waals surface area (Å²) in [6.07, 6.45) is 1.72. The van der Waals surface area contributed by atoms with Crippen molar-refractivity contribution in [1.82, 2.24) is 25.2 Å². The molecular formula is C27H26FN5O5. The highest BCUT2D eigenvalue weighted by atomic mass is 19.1. The Bertz CT molecular complexity index is 1580. The molecule has 1 saturated heterocycles. The van der Waals surface area contributed by atoms with E-state index in [9.17, 15) is 9.59 Å². The van der Waals surface area contributed by atoms with Gasteiger partial charge in [-0.2, -0.15) is 0 Å². The van der Waals surface area contributed by atoms with Crippen molar-refractivity contribution in [3.8, 4) is 23.1 Å². The number of halogens is 1. The normalized spacial score (nSPS) is 15.3. The zero-order chi connectivity index (χ0) is 27.0. The van der Waals surface area contributed by atoms with Gasteiger partial charge in [-0.3, -0.25) is 9.69 Å². The second-order valence-electron chi connectivity index (χ2n) is 9.01. The second kappa shape index (κ2) is 10.0. The molecule has 0 spiro atoms. The van der Waals surface area contributed by atoms with Gasteiger partial charge in [0.1, 0.15) is 12.4 Å². The van der Waals surface area contributed by atoms with Crippen LogP contribution in [-0.2, 0) is 4.79 Å². The number of imide groups is 1. The number of aromatic amines is 1. The molecule has 2 aromatic heterocycles. The maximum Gasteiger partial charge on any atom is 0.325 e. The first-order valence-corrected chi connectivity index (χ1v) is 12.0. The molecule has 1 unspecified atom stereocenters. The van der Waals surface area contributed by atoms with E-state index >= 15 is 4.39 Å². The van der Waals surface area contributed by atoms with Crippen LogP contribution in [0, 0.1) is 12.7 Å². The summed E-state index contributed by atoms with van der Waals surface area (Å²) in [7, 11) is 1.49. The molecule has 5 rings (SSSR count). The lowest BCUT2D eigenvalue weighted by Crippen LogP contribution is -2.33. The van der Waals surface area contributed by atoms with Crippen molar-refractivity contribution < 1.29 is 28.2 Å². The molecule has 3 amide bonds. The molecule has 4 aromatic rings. The smallest absolute Gasteiger partial charge is 0.325 e. The topological polar surface area (TPSA) is 119 Å². The maximum atomic E-state index is 15.1. The highest BCUT2D eigenvalue weighted by Gasteiger charge is 2.37. The van der Waals surface area contributed by atoms with Gasteiger partial charge in [-0.25, -0.2) is 19.2 Å². The number of carbonyl (C=O) groups excluding carboxylic acids is 2. The molecule has 2 N–H and O–H groups in total. The van der Waals surface area contributed by atoms with Gasteiger partial charge in [-0.15, -0.1) is 0 Å². The van der Waals surface area contributed by atoms with Crippen molar-refractivity contribution in [3.05, 3.63) is 60.3 Å². The molecule has 0 aliphatic carbocycles. The third-order valence-electron chi connectivity index (χ3n) is 6.23. The van der Waals surface area contributed by atoms with E-state index in [0.717, 1.165) is 10.6 Å². The SMILES string of the molecule is C=C(C)C1NC(=O)N(CCCOc2cc3ncnc(Oc4ccc5[nH]c(C)cc5c4F)c3cc2OC)C1=O. The number of nitrogens with zero attached hydrogens (tertiary/aromatic N) is 3. The van der Waals surface area contributed by atoms with Gasteiger partial charge >= 0.3 is 6.03 Å². The summed E-state index contributed by atoms with van der Waals surface area (Å²) in [5.74, 6) is 0.187. The van der Waals surface area contributed by atoms with E-state index in [2.05, 4.69) is 26.8 Å². The molecule has 10 nitrogen and oxygen atoms in total. The molecule has 11 heteroatoms. The fourth-order valence-electron chi connectivity index (χ4n) is 4.33. The number of ether oxygens (including phenoxy) is 3. The molecule has 0 radical (unpaired) electrons. The van der Waals surface area contributed by atoms with Crippen LogP contribution in [0.25, 0.3) is 21.8 Å². The number of H-pyrrole nitrogens is 1. The first-order chi connectivity index (χ1) is 18.3. The highest BCUT2D eigenvalue weighted by Crippen LogP contribution is 2.37. The Morgan fingerprint density at radius 3 is 2.68 bits per heavy atom. The van der Waals surface area contributed by atoms with E-state index in [1.807, 2.05) is 6.92 Å². The number of carbonyl (C=O) groups is 2. The summed E-state index contributed by atoms with van der Waals surface area (Å²) < 4.78 is 32.3. The average Bonchev–Trinajstić information content (AvgIpc) is 3.42. The van der Waals surface area contributed by atoms with Crippen molar-refractivity contribution in [2.45, 2.75) is 26.3 Å². The predicted octanol–water partition coefficient (Wildman–Crippen LogP) is 4.62. The van der Waals surface area contributed by atoms with Gasteiger partial charge in [-0.1, -0.05) is 6.58 Å². The molecule has 1 fully saturated rings. The van der Waals surface area contributed by atoms with Crippen molar-refractivity contribution in [1.29, 1.82) is 0 Å². The number of amides is 3. The van der Waals surface area contributed by atoms with E-state index in [4.69, 9.17) is 14.2 Å². The maximum absolute atomic E-state index is 15.1. The molecule has 1 aliphatic heterocycles. The van der Waals surface area contributed by atoms with Gasteiger partial charge in [0.05, 0.1) is 24.6 Å². The van der Waals surface area contributed by atoms with Gasteiger partial charge in [0.25, 0.3) is 5.91 Å². The third-order valence-corrected chi connectivity index (χ3v) is 6.23. The highest BCUT2D eigenvalue weighted by molar-refractivity contribution is 6.05. The minimum Gasteiger partial charge on any atom is -0.493 e. The van der Waals surface area contributed by atoms with E-state index in [0.29, 0.717) is 45.3 Å². The summed E-state index contributed by atoms with van der Waals surface area (Å²) >= 11 is 0. The quantitative estimate of drug-likeness (QED) is 0.188. The monoisotopic (exact) mass is 519 g/mol. The average molecular weight is 520 g/mol. The summed E-state index contributed by atoms with van der Waals surface area (Å²) in [6, 6.07) is 7.19. The zero-order valence-corrected chi connectivity index (χ0v) is 21.1. The van der Waals surface area contributed by atoms with Crippen LogP contribution in [0.4, 0.5) is 9.18 Å².